The number of hydrogen-bond acceptors (Lipinski definition) is 12. The van der Waals surface area contributed by atoms with Crippen LogP contribution in [0.3, 0.4) is 0 Å². The van der Waals surface area contributed by atoms with Crippen molar-refractivity contribution in [3.05, 3.63) is 125 Å². The van der Waals surface area contributed by atoms with E-state index < -0.39 is 29.7 Å². The van der Waals surface area contributed by atoms with E-state index in [1.54, 1.807) is 42.6 Å². The Morgan fingerprint density at radius 2 is 1.40 bits per heavy atom. The van der Waals surface area contributed by atoms with Crippen LogP contribution in [0, 0.1) is 21.4 Å². The van der Waals surface area contributed by atoms with Gasteiger partial charge in [0.25, 0.3) is 11.5 Å². The third-order valence-corrected chi connectivity index (χ3v) is 6.38. The number of anilines is 1. The van der Waals surface area contributed by atoms with E-state index in [0.29, 0.717) is 32.0 Å². The van der Waals surface area contributed by atoms with Gasteiger partial charge in [-0.3, -0.25) is 19.7 Å². The Kier molecular flexibility index (Phi) is 18.1. The molecule has 5 N–H and O–H groups in total. The van der Waals surface area contributed by atoms with Gasteiger partial charge in [0, 0.05) is 17.6 Å². The average Bonchev–Trinajstić information content (AvgIpc) is 3.07. The van der Waals surface area contributed by atoms with E-state index in [-0.39, 0.29) is 38.6 Å². The first-order chi connectivity index (χ1) is 23.7. The number of carbonyl (C=O) groups excluding carboxylic acids is 1. The molecule has 0 unspecified atom stereocenters. The molecule has 6 rings (SSSR count). The SMILES string of the molecule is Clc1ccc2ncnc(Cl)c2n1.N#Cc1nc(Cl)ccc1[N+](=O)[O-].NC(=O)c1nc(Cl)ccc1N.O=c1[nH]ccc2ccc(Cl)nc12.[Cl][Sn][Cl]. The van der Waals surface area contributed by atoms with E-state index in [4.69, 9.17) is 92.6 Å². The van der Waals surface area contributed by atoms with Gasteiger partial charge in [-0.2, -0.15) is 5.26 Å². The first-order valence-corrected chi connectivity index (χ1v) is 21.8. The van der Waals surface area contributed by atoms with Crippen molar-refractivity contribution in [3.63, 3.8) is 0 Å². The summed E-state index contributed by atoms with van der Waals surface area (Å²) >= 11 is 27.1. The van der Waals surface area contributed by atoms with Gasteiger partial charge < -0.3 is 16.5 Å². The quantitative estimate of drug-likeness (QED) is 0.0531. The number of nitro groups is 1. The summed E-state index contributed by atoms with van der Waals surface area (Å²) < 4.78 is 0. The third kappa shape index (κ3) is 13.5. The predicted octanol–water partition coefficient (Wildman–Crippen LogP) is 6.84. The van der Waals surface area contributed by atoms with E-state index in [1.165, 1.54) is 24.5 Å². The number of nitriles is 1. The summed E-state index contributed by atoms with van der Waals surface area (Å²) in [5.41, 5.74) is 11.4. The molecule has 1 amide bonds. The molecule has 23 heteroatoms. The number of nitrogens with one attached hydrogen (secondary N) is 1. The van der Waals surface area contributed by atoms with Crippen LogP contribution >= 0.6 is 75.8 Å². The molecule has 0 aromatic carbocycles. The molecule has 0 saturated carbocycles. The number of aromatic nitrogens is 7. The Balaban J connectivity index is 0.000000225. The standard InChI is InChI=1S/C8H5ClN2O.C7H3Cl2N3.C6H2ClN3O2.C6H6ClN3O.2ClH.Sn/c9-6-2-1-5-3-4-10-8(12)7(5)11-6;8-5-2-1-4-6(12-5)7(9)11-3-10-4;7-6-2-1-5(10(11)12)4(3-8)9-6;7-4-2-1-3(8)5(10-4)6(9)11;;;/h1-4H,(H,10,12);1-3H;1-2H;1-2H,8H2,(H2,9,11);2*1H;/q;;;;;;+2/p-2. The van der Waals surface area contributed by atoms with E-state index in [1.807, 2.05) is 0 Å². The molecule has 0 aliphatic carbocycles. The normalized spacial score (nSPS) is 9.64. The van der Waals surface area contributed by atoms with Gasteiger partial charge in [-0.05, 0) is 48.5 Å². The number of fused-ring (bicyclic) bond motifs is 2. The Bertz CT molecular complexity index is 2230. The van der Waals surface area contributed by atoms with E-state index in [2.05, 4.69) is 34.9 Å². The fourth-order valence-electron chi connectivity index (χ4n) is 3.23. The molecule has 0 aliphatic rings. The monoisotopic (exact) mass is 923 g/mol. The molecule has 2 radical (unpaired) electrons. The zero-order valence-corrected chi connectivity index (χ0v) is 32.5. The number of nitrogen functional groups attached to an aromatic ring is 1. The van der Waals surface area contributed by atoms with Crippen molar-refractivity contribution in [1.82, 2.24) is 34.9 Å². The van der Waals surface area contributed by atoms with Gasteiger partial charge in [-0.15, -0.1) is 0 Å². The molecular formula is C27H16Cl7N11O4Sn. The van der Waals surface area contributed by atoms with Crippen LogP contribution in [0.4, 0.5) is 11.4 Å². The van der Waals surface area contributed by atoms with Crippen LogP contribution in [0.15, 0.2) is 71.9 Å². The van der Waals surface area contributed by atoms with Crippen LogP contribution < -0.4 is 17.0 Å². The minimum atomic E-state index is -0.826. The summed E-state index contributed by atoms with van der Waals surface area (Å²) in [5.74, 6) is -0.676. The Morgan fingerprint density at radius 1 is 0.840 bits per heavy atom. The number of pyridine rings is 5. The molecule has 6 aromatic heterocycles. The second-order valence-electron chi connectivity index (χ2n) is 8.42. The molecule has 0 spiro atoms. The molecule has 0 saturated heterocycles. The Hall–Kier alpha value is -3.86. The molecule has 6 heterocycles. The second kappa shape index (κ2) is 21.4. The van der Waals surface area contributed by atoms with Crippen LogP contribution in [0.1, 0.15) is 16.2 Å². The molecule has 0 atom stereocenters. The summed E-state index contributed by atoms with van der Waals surface area (Å²) in [6, 6.07) is 15.6. The number of hydrogen-bond donors (Lipinski definition) is 3. The predicted molar refractivity (Wildman–Crippen MR) is 195 cm³/mol. The fourth-order valence-corrected chi connectivity index (χ4v) is 4.00. The minimum absolute atomic E-state index is 0.0116. The summed E-state index contributed by atoms with van der Waals surface area (Å²) in [4.78, 5) is 56.6. The van der Waals surface area contributed by atoms with Crippen molar-refractivity contribution in [2.24, 2.45) is 5.73 Å². The number of aromatic amines is 1. The summed E-state index contributed by atoms with van der Waals surface area (Å²) in [5, 5.41) is 20.8. The number of H-pyrrole nitrogens is 1. The van der Waals surface area contributed by atoms with Crippen molar-refractivity contribution >= 4 is 134 Å². The van der Waals surface area contributed by atoms with Crippen molar-refractivity contribution in [2.75, 3.05) is 5.73 Å². The van der Waals surface area contributed by atoms with Gasteiger partial charge in [0.1, 0.15) is 44.0 Å². The number of nitrogens with two attached hydrogens (primary N) is 2. The van der Waals surface area contributed by atoms with Crippen molar-refractivity contribution in [2.45, 2.75) is 0 Å². The zero-order chi connectivity index (χ0) is 37.4. The number of carbonyl (C=O) groups is 1. The van der Waals surface area contributed by atoms with Crippen molar-refractivity contribution in [1.29, 1.82) is 5.26 Å². The third-order valence-electron chi connectivity index (χ3n) is 5.26. The molecule has 15 nitrogen and oxygen atoms in total. The van der Waals surface area contributed by atoms with E-state index >= 15 is 0 Å². The molecule has 50 heavy (non-hydrogen) atoms. The first-order valence-electron chi connectivity index (χ1n) is 12.7. The van der Waals surface area contributed by atoms with E-state index in [0.717, 1.165) is 11.5 Å². The van der Waals surface area contributed by atoms with Gasteiger partial charge in [-0.1, -0.05) is 58.0 Å². The first kappa shape index (κ1) is 42.3. The number of rotatable bonds is 2. The van der Waals surface area contributed by atoms with Gasteiger partial charge in [0.2, 0.25) is 5.69 Å². The number of nitrogens with zero attached hydrogens (tertiary/aromatic N) is 8. The van der Waals surface area contributed by atoms with Crippen molar-refractivity contribution in [3.8, 4) is 6.07 Å². The fraction of sp³-hybridized carbons (Fsp3) is 0. The second-order valence-corrected chi connectivity index (χ2v) is 14.6. The van der Waals surface area contributed by atoms with Gasteiger partial charge in [0.15, 0.2) is 10.8 Å². The summed E-state index contributed by atoms with van der Waals surface area (Å²) in [6.07, 6.45) is 2.97. The number of primary amides is 1. The Morgan fingerprint density at radius 3 is 2.00 bits per heavy atom. The molecule has 6 aromatic rings. The van der Waals surface area contributed by atoms with Crippen LogP contribution in [-0.4, -0.2) is 64.6 Å². The average molecular weight is 925 g/mol. The molecular weight excluding hydrogens is 909 g/mol. The van der Waals surface area contributed by atoms with Crippen molar-refractivity contribution < 1.29 is 9.72 Å². The number of amides is 1. The van der Waals surface area contributed by atoms with Gasteiger partial charge in [-0.25, -0.2) is 29.9 Å². The molecule has 0 fully saturated rings. The van der Waals surface area contributed by atoms with Crippen LogP contribution in [0.5, 0.6) is 0 Å². The zero-order valence-electron chi connectivity index (χ0n) is 24.4. The summed E-state index contributed by atoms with van der Waals surface area (Å²) in [7, 11) is 9.87. The summed E-state index contributed by atoms with van der Waals surface area (Å²) in [6.45, 7) is 0. The van der Waals surface area contributed by atoms with Gasteiger partial charge >= 0.3 is 42.4 Å². The van der Waals surface area contributed by atoms with Crippen LogP contribution in [0.2, 0.25) is 25.8 Å². The van der Waals surface area contributed by atoms with Gasteiger partial charge in [0.05, 0.1) is 16.1 Å². The number of halogens is 7. The topological polar surface area (TPSA) is 246 Å². The molecule has 256 valence electrons. The molecule has 0 bridgehead atoms. The Labute approximate surface area is 323 Å². The molecule has 0 aliphatic heterocycles. The van der Waals surface area contributed by atoms with Crippen LogP contribution in [0.25, 0.3) is 21.9 Å². The van der Waals surface area contributed by atoms with Crippen LogP contribution in [-0.2, 0) is 0 Å². The maximum atomic E-state index is 11.2. The van der Waals surface area contributed by atoms with E-state index in [9.17, 15) is 19.7 Å². The maximum absolute atomic E-state index is 11.2.